The van der Waals surface area contributed by atoms with Crippen molar-refractivity contribution in [2.45, 2.75) is 32.1 Å². The molecule has 0 aromatic heterocycles. The molecule has 3 rings (SSSR count). The summed E-state index contributed by atoms with van der Waals surface area (Å²) in [7, 11) is 5.30. The summed E-state index contributed by atoms with van der Waals surface area (Å²) >= 11 is 0. The fourth-order valence-corrected chi connectivity index (χ4v) is 4.24. The van der Waals surface area contributed by atoms with Crippen LogP contribution in [0, 0.1) is 11.8 Å². The first-order valence-corrected chi connectivity index (χ1v) is 8.15. The standard InChI is InChI=1S/C18H27NO3/c1-20-12-16-8-13(4-7-17(16)21-2)9-19-10-14-5-6-15(11-19)18(14)22-3/h4,7-8,14-15,18H,5-6,9-12H2,1-3H3/t14-,15+,18?. The van der Waals surface area contributed by atoms with Gasteiger partial charge in [0.05, 0.1) is 19.8 Å². The number of hydrogen-bond acceptors (Lipinski definition) is 4. The predicted molar refractivity (Wildman–Crippen MR) is 86.0 cm³/mol. The number of ether oxygens (including phenoxy) is 3. The number of methoxy groups -OCH3 is 3. The fraction of sp³-hybridized carbons (Fsp3) is 0.667. The van der Waals surface area contributed by atoms with E-state index in [1.54, 1.807) is 14.2 Å². The van der Waals surface area contributed by atoms with Crippen molar-refractivity contribution >= 4 is 0 Å². The average Bonchev–Trinajstić information content (AvgIpc) is 2.78. The molecule has 1 saturated heterocycles. The lowest BCUT2D eigenvalue weighted by molar-refractivity contribution is -0.0180. The third-order valence-corrected chi connectivity index (χ3v) is 5.15. The Morgan fingerprint density at radius 2 is 1.82 bits per heavy atom. The van der Waals surface area contributed by atoms with Crippen molar-refractivity contribution in [1.29, 1.82) is 0 Å². The molecule has 0 N–H and O–H groups in total. The summed E-state index contributed by atoms with van der Waals surface area (Å²) in [6.07, 6.45) is 3.12. The van der Waals surface area contributed by atoms with Crippen molar-refractivity contribution in [3.63, 3.8) is 0 Å². The Morgan fingerprint density at radius 1 is 1.09 bits per heavy atom. The minimum atomic E-state index is 0.483. The SMILES string of the molecule is COCc1cc(CN2C[C@H]3CC[C@@H](C2)C3OC)ccc1OC. The van der Waals surface area contributed by atoms with Crippen LogP contribution < -0.4 is 4.74 Å². The van der Waals surface area contributed by atoms with Gasteiger partial charge in [0.25, 0.3) is 0 Å². The molecule has 2 bridgehead atoms. The predicted octanol–water partition coefficient (Wildman–Crippen LogP) is 2.70. The molecule has 2 aliphatic rings. The lowest BCUT2D eigenvalue weighted by Crippen LogP contribution is -2.45. The van der Waals surface area contributed by atoms with Crippen molar-refractivity contribution in [3.8, 4) is 5.75 Å². The average molecular weight is 305 g/mol. The molecule has 0 spiro atoms. The number of likely N-dealkylation sites (tertiary alicyclic amines) is 1. The molecular formula is C18H27NO3. The molecule has 1 saturated carbocycles. The van der Waals surface area contributed by atoms with E-state index in [4.69, 9.17) is 14.2 Å². The molecule has 0 amide bonds. The van der Waals surface area contributed by atoms with Gasteiger partial charge in [0.2, 0.25) is 0 Å². The molecule has 1 aromatic carbocycles. The van der Waals surface area contributed by atoms with E-state index < -0.39 is 0 Å². The maximum Gasteiger partial charge on any atom is 0.124 e. The second kappa shape index (κ2) is 6.99. The number of rotatable bonds is 6. The minimum absolute atomic E-state index is 0.483. The normalized spacial score (nSPS) is 28.0. The Balaban J connectivity index is 1.68. The third-order valence-electron chi connectivity index (χ3n) is 5.15. The van der Waals surface area contributed by atoms with Crippen molar-refractivity contribution in [2.24, 2.45) is 11.8 Å². The molecule has 1 heterocycles. The molecular weight excluding hydrogens is 278 g/mol. The van der Waals surface area contributed by atoms with Gasteiger partial charge in [-0.1, -0.05) is 6.07 Å². The zero-order valence-corrected chi connectivity index (χ0v) is 13.9. The quantitative estimate of drug-likeness (QED) is 0.808. The van der Waals surface area contributed by atoms with Gasteiger partial charge in [0.1, 0.15) is 5.75 Å². The summed E-state index contributed by atoms with van der Waals surface area (Å²) in [5.41, 5.74) is 2.46. The Kier molecular flexibility index (Phi) is 5.01. The summed E-state index contributed by atoms with van der Waals surface area (Å²) in [6.45, 7) is 3.90. The maximum absolute atomic E-state index is 5.70. The van der Waals surface area contributed by atoms with E-state index in [1.165, 1.54) is 18.4 Å². The van der Waals surface area contributed by atoms with Crippen LogP contribution >= 0.6 is 0 Å². The first kappa shape index (κ1) is 15.8. The Labute approximate surface area is 133 Å². The molecule has 1 aromatic rings. The van der Waals surface area contributed by atoms with Gasteiger partial charge in [-0.3, -0.25) is 4.90 Å². The van der Waals surface area contributed by atoms with Crippen molar-refractivity contribution < 1.29 is 14.2 Å². The first-order chi connectivity index (χ1) is 10.7. The second-order valence-electron chi connectivity index (χ2n) is 6.57. The van der Waals surface area contributed by atoms with E-state index in [-0.39, 0.29) is 0 Å². The second-order valence-corrected chi connectivity index (χ2v) is 6.57. The van der Waals surface area contributed by atoms with E-state index in [2.05, 4.69) is 23.1 Å². The Morgan fingerprint density at radius 3 is 2.41 bits per heavy atom. The zero-order valence-electron chi connectivity index (χ0n) is 13.9. The van der Waals surface area contributed by atoms with Crippen LogP contribution in [0.1, 0.15) is 24.0 Å². The summed E-state index contributed by atoms with van der Waals surface area (Å²) in [5, 5.41) is 0. The van der Waals surface area contributed by atoms with Crippen LogP contribution in [0.5, 0.6) is 5.75 Å². The highest BCUT2D eigenvalue weighted by molar-refractivity contribution is 5.37. The molecule has 1 unspecified atom stereocenters. The van der Waals surface area contributed by atoms with Crippen LogP contribution in [0.2, 0.25) is 0 Å². The van der Waals surface area contributed by atoms with Crippen LogP contribution in [0.15, 0.2) is 18.2 Å². The van der Waals surface area contributed by atoms with Crippen LogP contribution in [0.3, 0.4) is 0 Å². The monoisotopic (exact) mass is 305 g/mol. The van der Waals surface area contributed by atoms with Crippen molar-refractivity contribution in [3.05, 3.63) is 29.3 Å². The van der Waals surface area contributed by atoms with Crippen LogP contribution in [0.4, 0.5) is 0 Å². The highest BCUT2D eigenvalue weighted by atomic mass is 16.5. The number of benzene rings is 1. The molecule has 0 radical (unpaired) electrons. The third kappa shape index (κ3) is 3.14. The van der Waals surface area contributed by atoms with Gasteiger partial charge in [0, 0.05) is 39.4 Å². The van der Waals surface area contributed by atoms with Gasteiger partial charge in [-0.15, -0.1) is 0 Å². The van der Waals surface area contributed by atoms with Crippen LogP contribution in [-0.4, -0.2) is 45.4 Å². The minimum Gasteiger partial charge on any atom is -0.496 e. The molecule has 22 heavy (non-hydrogen) atoms. The van der Waals surface area contributed by atoms with Gasteiger partial charge >= 0.3 is 0 Å². The molecule has 4 nitrogen and oxygen atoms in total. The fourth-order valence-electron chi connectivity index (χ4n) is 4.24. The lowest BCUT2D eigenvalue weighted by Gasteiger charge is -2.37. The molecule has 1 aliphatic carbocycles. The topological polar surface area (TPSA) is 30.9 Å². The Bertz CT molecular complexity index is 491. The molecule has 1 aliphatic heterocycles. The molecule has 4 heteroatoms. The summed E-state index contributed by atoms with van der Waals surface area (Å²) in [4.78, 5) is 2.58. The van der Waals surface area contributed by atoms with Gasteiger partial charge in [-0.25, -0.2) is 0 Å². The lowest BCUT2D eigenvalue weighted by atomic mass is 9.94. The van der Waals surface area contributed by atoms with Gasteiger partial charge < -0.3 is 14.2 Å². The van der Waals surface area contributed by atoms with E-state index in [9.17, 15) is 0 Å². The molecule has 122 valence electrons. The smallest absolute Gasteiger partial charge is 0.124 e. The Hall–Kier alpha value is -1.10. The highest BCUT2D eigenvalue weighted by Crippen LogP contribution is 2.39. The van der Waals surface area contributed by atoms with E-state index in [0.717, 1.165) is 30.9 Å². The largest absolute Gasteiger partial charge is 0.496 e. The van der Waals surface area contributed by atoms with E-state index in [1.807, 2.05) is 7.11 Å². The van der Waals surface area contributed by atoms with E-state index >= 15 is 0 Å². The van der Waals surface area contributed by atoms with Gasteiger partial charge in [-0.05, 0) is 42.4 Å². The number of hydrogen-bond donors (Lipinski definition) is 0. The summed E-state index contributed by atoms with van der Waals surface area (Å²) < 4.78 is 16.4. The summed E-state index contributed by atoms with van der Waals surface area (Å²) in [6, 6.07) is 6.44. The van der Waals surface area contributed by atoms with E-state index in [0.29, 0.717) is 24.5 Å². The van der Waals surface area contributed by atoms with Crippen molar-refractivity contribution in [2.75, 3.05) is 34.4 Å². The number of fused-ring (bicyclic) bond motifs is 2. The van der Waals surface area contributed by atoms with Gasteiger partial charge in [0.15, 0.2) is 0 Å². The highest BCUT2D eigenvalue weighted by Gasteiger charge is 2.41. The zero-order chi connectivity index (χ0) is 15.5. The maximum atomic E-state index is 5.70. The van der Waals surface area contributed by atoms with Crippen molar-refractivity contribution in [1.82, 2.24) is 4.90 Å². The first-order valence-electron chi connectivity index (χ1n) is 8.15. The molecule has 3 atom stereocenters. The molecule has 2 fully saturated rings. The number of piperidine rings is 1. The summed E-state index contributed by atoms with van der Waals surface area (Å²) in [5.74, 6) is 2.32. The number of nitrogens with zero attached hydrogens (tertiary/aromatic N) is 1. The van der Waals surface area contributed by atoms with Crippen LogP contribution in [-0.2, 0) is 22.6 Å². The van der Waals surface area contributed by atoms with Crippen LogP contribution in [0.25, 0.3) is 0 Å². The van der Waals surface area contributed by atoms with Gasteiger partial charge in [-0.2, -0.15) is 0 Å².